The molecule has 92 valence electrons. The first kappa shape index (κ1) is 12.0. The quantitative estimate of drug-likeness (QED) is 0.905. The largest absolute Gasteiger partial charge is 0.481 e. The van der Waals surface area contributed by atoms with Crippen LogP contribution >= 0.6 is 0 Å². The Balaban J connectivity index is 2.16. The summed E-state index contributed by atoms with van der Waals surface area (Å²) in [5.74, 6) is -0.479. The van der Waals surface area contributed by atoms with Gasteiger partial charge in [0.25, 0.3) is 5.91 Å². The van der Waals surface area contributed by atoms with Crippen LogP contribution in [0.5, 0.6) is 5.88 Å². The number of benzene rings is 1. The van der Waals surface area contributed by atoms with Crippen molar-refractivity contribution in [2.45, 2.75) is 0 Å². The van der Waals surface area contributed by atoms with Crippen molar-refractivity contribution in [3.63, 3.8) is 0 Å². The molecule has 0 unspecified atom stereocenters. The lowest BCUT2D eigenvalue weighted by Crippen LogP contribution is -2.13. The number of halogens is 1. The number of aromatic nitrogens is 1. The normalized spacial score (nSPS) is 9.89. The number of anilines is 1. The number of pyridine rings is 1. The molecule has 0 radical (unpaired) electrons. The van der Waals surface area contributed by atoms with Crippen LogP contribution < -0.4 is 10.1 Å². The van der Waals surface area contributed by atoms with E-state index < -0.39 is 11.7 Å². The van der Waals surface area contributed by atoms with Crippen molar-refractivity contribution in [2.24, 2.45) is 0 Å². The van der Waals surface area contributed by atoms with Gasteiger partial charge < -0.3 is 10.1 Å². The van der Waals surface area contributed by atoms with Crippen LogP contribution in [0, 0.1) is 5.82 Å². The molecule has 0 saturated carbocycles. The Hall–Kier alpha value is -2.43. The number of amides is 1. The number of hydrogen-bond donors (Lipinski definition) is 1. The number of ether oxygens (including phenoxy) is 1. The summed E-state index contributed by atoms with van der Waals surface area (Å²) in [6, 6.07) is 10.5. The SMILES string of the molecule is COc1cccc(C(=O)Nc2cccc(F)c2)n1. The van der Waals surface area contributed by atoms with Crippen LogP contribution in [-0.4, -0.2) is 18.0 Å². The predicted molar refractivity (Wildman–Crippen MR) is 65.1 cm³/mol. The highest BCUT2D eigenvalue weighted by molar-refractivity contribution is 6.02. The maximum Gasteiger partial charge on any atom is 0.274 e. The fourth-order valence-corrected chi connectivity index (χ4v) is 1.42. The van der Waals surface area contributed by atoms with Crippen LogP contribution in [-0.2, 0) is 0 Å². The lowest BCUT2D eigenvalue weighted by Gasteiger charge is -2.05. The minimum atomic E-state index is -0.417. The van der Waals surface area contributed by atoms with Crippen LogP contribution in [0.4, 0.5) is 10.1 Å². The highest BCUT2D eigenvalue weighted by Gasteiger charge is 2.08. The van der Waals surface area contributed by atoms with Gasteiger partial charge in [0.15, 0.2) is 0 Å². The van der Waals surface area contributed by atoms with Crippen molar-refractivity contribution in [3.8, 4) is 5.88 Å². The van der Waals surface area contributed by atoms with Crippen LogP contribution in [0.15, 0.2) is 42.5 Å². The number of carbonyl (C=O) groups is 1. The molecule has 1 heterocycles. The Labute approximate surface area is 103 Å². The Kier molecular flexibility index (Phi) is 3.52. The summed E-state index contributed by atoms with van der Waals surface area (Å²) in [7, 11) is 1.47. The van der Waals surface area contributed by atoms with Gasteiger partial charge in [0.05, 0.1) is 7.11 Å². The molecule has 0 fully saturated rings. The van der Waals surface area contributed by atoms with Crippen molar-refractivity contribution >= 4 is 11.6 Å². The summed E-state index contributed by atoms with van der Waals surface area (Å²) >= 11 is 0. The minimum Gasteiger partial charge on any atom is -0.481 e. The Morgan fingerprint density at radius 3 is 2.78 bits per heavy atom. The third-order valence-corrected chi connectivity index (χ3v) is 2.25. The van der Waals surface area contributed by atoms with Gasteiger partial charge in [-0.1, -0.05) is 12.1 Å². The summed E-state index contributed by atoms with van der Waals surface area (Å²) in [6.07, 6.45) is 0. The monoisotopic (exact) mass is 246 g/mol. The average molecular weight is 246 g/mol. The Morgan fingerprint density at radius 2 is 2.06 bits per heavy atom. The second-order valence-corrected chi connectivity index (χ2v) is 3.53. The van der Waals surface area contributed by atoms with E-state index in [1.165, 1.54) is 25.3 Å². The summed E-state index contributed by atoms with van der Waals surface area (Å²) in [5.41, 5.74) is 0.586. The zero-order valence-corrected chi connectivity index (χ0v) is 9.68. The molecule has 0 spiro atoms. The molecule has 18 heavy (non-hydrogen) atoms. The fourth-order valence-electron chi connectivity index (χ4n) is 1.42. The molecule has 0 aliphatic carbocycles. The third-order valence-electron chi connectivity index (χ3n) is 2.25. The van der Waals surface area contributed by atoms with Gasteiger partial charge in [-0.15, -0.1) is 0 Å². The molecule has 0 atom stereocenters. The number of methoxy groups -OCH3 is 1. The molecule has 1 amide bonds. The number of hydrogen-bond acceptors (Lipinski definition) is 3. The van der Waals surface area contributed by atoms with E-state index in [0.29, 0.717) is 11.6 Å². The highest BCUT2D eigenvalue weighted by Crippen LogP contribution is 2.12. The first-order chi connectivity index (χ1) is 8.69. The number of nitrogens with one attached hydrogen (secondary N) is 1. The molecule has 1 aromatic heterocycles. The lowest BCUT2D eigenvalue weighted by atomic mass is 10.3. The summed E-state index contributed by atoms with van der Waals surface area (Å²) in [4.78, 5) is 15.8. The van der Waals surface area contributed by atoms with Gasteiger partial charge in [-0.25, -0.2) is 9.37 Å². The van der Waals surface area contributed by atoms with Crippen molar-refractivity contribution in [2.75, 3.05) is 12.4 Å². The van der Waals surface area contributed by atoms with Gasteiger partial charge in [-0.3, -0.25) is 4.79 Å². The third kappa shape index (κ3) is 2.82. The molecular formula is C13H11FN2O2. The molecule has 0 aliphatic rings. The predicted octanol–water partition coefficient (Wildman–Crippen LogP) is 2.48. The van der Waals surface area contributed by atoms with E-state index in [1.54, 1.807) is 24.3 Å². The van der Waals surface area contributed by atoms with Gasteiger partial charge in [0.1, 0.15) is 11.5 Å². The van der Waals surface area contributed by atoms with Gasteiger partial charge in [-0.05, 0) is 24.3 Å². The lowest BCUT2D eigenvalue weighted by molar-refractivity contribution is 0.102. The van der Waals surface area contributed by atoms with Crippen molar-refractivity contribution in [1.29, 1.82) is 0 Å². The van der Waals surface area contributed by atoms with Gasteiger partial charge in [-0.2, -0.15) is 0 Å². The Morgan fingerprint density at radius 1 is 1.28 bits per heavy atom. The maximum atomic E-state index is 13.0. The van der Waals surface area contributed by atoms with E-state index >= 15 is 0 Å². The zero-order chi connectivity index (χ0) is 13.0. The van der Waals surface area contributed by atoms with Crippen molar-refractivity contribution in [1.82, 2.24) is 4.98 Å². The summed E-state index contributed by atoms with van der Waals surface area (Å²) < 4.78 is 17.9. The van der Waals surface area contributed by atoms with Crippen LogP contribution in [0.1, 0.15) is 10.5 Å². The van der Waals surface area contributed by atoms with Crippen LogP contribution in [0.2, 0.25) is 0 Å². The maximum absolute atomic E-state index is 13.0. The van der Waals surface area contributed by atoms with Gasteiger partial charge >= 0.3 is 0 Å². The van der Waals surface area contributed by atoms with Crippen molar-refractivity contribution < 1.29 is 13.9 Å². The molecule has 4 nitrogen and oxygen atoms in total. The topological polar surface area (TPSA) is 51.2 Å². The van der Waals surface area contributed by atoms with E-state index in [1.807, 2.05) is 0 Å². The van der Waals surface area contributed by atoms with Crippen LogP contribution in [0.3, 0.4) is 0 Å². The summed E-state index contributed by atoms with van der Waals surface area (Å²) in [5, 5.41) is 2.55. The van der Waals surface area contributed by atoms with E-state index in [4.69, 9.17) is 4.74 Å². The molecular weight excluding hydrogens is 235 g/mol. The zero-order valence-electron chi connectivity index (χ0n) is 9.68. The second-order valence-electron chi connectivity index (χ2n) is 3.53. The fraction of sp³-hybridized carbons (Fsp3) is 0.0769. The molecule has 2 aromatic rings. The Bertz CT molecular complexity index is 572. The minimum absolute atomic E-state index is 0.207. The van der Waals surface area contributed by atoms with E-state index in [0.717, 1.165) is 0 Å². The second kappa shape index (κ2) is 5.27. The molecule has 1 aromatic carbocycles. The van der Waals surface area contributed by atoms with Crippen molar-refractivity contribution in [3.05, 3.63) is 54.0 Å². The standard InChI is InChI=1S/C13H11FN2O2/c1-18-12-7-3-6-11(16-12)13(17)15-10-5-2-4-9(14)8-10/h2-8H,1H3,(H,15,17). The summed E-state index contributed by atoms with van der Waals surface area (Å²) in [6.45, 7) is 0. The molecule has 2 rings (SSSR count). The average Bonchev–Trinajstić information content (AvgIpc) is 2.39. The molecule has 5 heteroatoms. The molecule has 0 bridgehead atoms. The molecule has 0 aliphatic heterocycles. The van der Waals surface area contributed by atoms with E-state index in [9.17, 15) is 9.18 Å². The highest BCUT2D eigenvalue weighted by atomic mass is 19.1. The smallest absolute Gasteiger partial charge is 0.274 e. The number of carbonyl (C=O) groups excluding carboxylic acids is 1. The first-order valence-electron chi connectivity index (χ1n) is 5.27. The van der Waals surface area contributed by atoms with E-state index in [-0.39, 0.29) is 5.69 Å². The number of rotatable bonds is 3. The van der Waals surface area contributed by atoms with Gasteiger partial charge in [0.2, 0.25) is 5.88 Å². The molecule has 1 N–H and O–H groups in total. The first-order valence-corrected chi connectivity index (χ1v) is 5.27. The molecule has 0 saturated heterocycles. The van der Waals surface area contributed by atoms with Crippen LogP contribution in [0.25, 0.3) is 0 Å². The van der Waals surface area contributed by atoms with E-state index in [2.05, 4.69) is 10.3 Å². The number of nitrogens with zero attached hydrogens (tertiary/aromatic N) is 1. The van der Waals surface area contributed by atoms with Gasteiger partial charge in [0, 0.05) is 11.8 Å².